The van der Waals surface area contributed by atoms with Crippen LogP contribution in [0.15, 0.2) is 44.3 Å². The highest BCUT2D eigenvalue weighted by molar-refractivity contribution is 9.10. The van der Waals surface area contributed by atoms with Gasteiger partial charge in [-0.15, -0.1) is 0 Å². The van der Waals surface area contributed by atoms with Crippen LogP contribution in [0.5, 0.6) is 0 Å². The number of nitrogens with zero attached hydrogens (tertiary/aromatic N) is 1. The molecule has 2 rings (SSSR count). The first-order valence-electron chi connectivity index (χ1n) is 5.65. The monoisotopic (exact) mass is 437 g/mol. The Morgan fingerprint density at radius 2 is 2.00 bits per heavy atom. The standard InChI is InChI=1S/C12H10Br2FN3O2S/c1-16-12-10(5-7(13)6-17-12)21(19,20)18-11-8(14)3-2-4-9(11)15/h2-6,18H,1H3,(H,16,17). The third-order valence-corrected chi connectivity index (χ3v) is 5.00. The second-order valence-electron chi connectivity index (χ2n) is 3.95. The number of benzene rings is 1. The van der Waals surface area contributed by atoms with Crippen molar-refractivity contribution in [3.8, 4) is 0 Å². The van der Waals surface area contributed by atoms with E-state index in [4.69, 9.17) is 0 Å². The van der Waals surface area contributed by atoms with Crippen molar-refractivity contribution in [2.75, 3.05) is 17.1 Å². The van der Waals surface area contributed by atoms with Crippen LogP contribution in [0.4, 0.5) is 15.9 Å². The molecule has 5 nitrogen and oxygen atoms in total. The summed E-state index contributed by atoms with van der Waals surface area (Å²) in [5.41, 5.74) is -0.153. The summed E-state index contributed by atoms with van der Waals surface area (Å²) in [6.07, 6.45) is 1.46. The van der Waals surface area contributed by atoms with Gasteiger partial charge < -0.3 is 5.32 Å². The van der Waals surface area contributed by atoms with Gasteiger partial charge in [0.05, 0.1) is 5.69 Å². The maximum atomic E-state index is 13.8. The molecular formula is C12H10Br2FN3O2S. The van der Waals surface area contributed by atoms with Crippen LogP contribution in [-0.2, 0) is 10.0 Å². The molecule has 1 aromatic carbocycles. The third-order valence-electron chi connectivity index (χ3n) is 2.54. The van der Waals surface area contributed by atoms with E-state index < -0.39 is 15.8 Å². The number of aromatic nitrogens is 1. The zero-order chi connectivity index (χ0) is 15.6. The molecule has 0 saturated carbocycles. The maximum Gasteiger partial charge on any atom is 0.265 e. The molecule has 0 spiro atoms. The SMILES string of the molecule is CNc1ncc(Br)cc1S(=O)(=O)Nc1c(F)cccc1Br. The highest BCUT2D eigenvalue weighted by atomic mass is 79.9. The molecule has 0 unspecified atom stereocenters. The first-order chi connectivity index (χ1) is 9.85. The fourth-order valence-corrected chi connectivity index (χ4v) is 3.93. The summed E-state index contributed by atoms with van der Waals surface area (Å²) in [6.45, 7) is 0. The van der Waals surface area contributed by atoms with Crippen molar-refractivity contribution in [3.05, 3.63) is 45.2 Å². The van der Waals surface area contributed by atoms with E-state index in [0.717, 1.165) is 0 Å². The number of pyridine rings is 1. The average molecular weight is 439 g/mol. The van der Waals surface area contributed by atoms with Crippen molar-refractivity contribution in [2.24, 2.45) is 0 Å². The van der Waals surface area contributed by atoms with Crippen LogP contribution < -0.4 is 10.0 Å². The molecule has 0 saturated heterocycles. The predicted octanol–water partition coefficient (Wildman–Crippen LogP) is 3.59. The second kappa shape index (κ2) is 6.29. The van der Waals surface area contributed by atoms with E-state index in [1.165, 1.54) is 24.4 Å². The van der Waals surface area contributed by atoms with Gasteiger partial charge in [-0.3, -0.25) is 4.72 Å². The Balaban J connectivity index is 2.51. The Morgan fingerprint density at radius 3 is 2.62 bits per heavy atom. The molecule has 0 atom stereocenters. The highest BCUT2D eigenvalue weighted by Gasteiger charge is 2.22. The molecule has 2 aromatic rings. The number of hydrogen-bond donors (Lipinski definition) is 2. The largest absolute Gasteiger partial charge is 0.372 e. The summed E-state index contributed by atoms with van der Waals surface area (Å²) in [6, 6.07) is 5.56. The van der Waals surface area contributed by atoms with Gasteiger partial charge >= 0.3 is 0 Å². The molecule has 0 aliphatic rings. The number of hydrogen-bond acceptors (Lipinski definition) is 4. The van der Waals surface area contributed by atoms with Crippen LogP contribution in [0.2, 0.25) is 0 Å². The second-order valence-corrected chi connectivity index (χ2v) is 7.37. The van der Waals surface area contributed by atoms with E-state index in [1.807, 2.05) is 0 Å². The lowest BCUT2D eigenvalue weighted by atomic mass is 10.3. The Morgan fingerprint density at radius 1 is 1.29 bits per heavy atom. The van der Waals surface area contributed by atoms with Crippen LogP contribution >= 0.6 is 31.9 Å². The first kappa shape index (κ1) is 16.2. The smallest absolute Gasteiger partial charge is 0.265 e. The number of halogens is 3. The number of nitrogens with one attached hydrogen (secondary N) is 2. The van der Waals surface area contributed by atoms with E-state index in [-0.39, 0.29) is 16.4 Å². The summed E-state index contributed by atoms with van der Waals surface area (Å²) in [5.74, 6) is -0.514. The molecule has 0 aliphatic carbocycles. The van der Waals surface area contributed by atoms with Gasteiger partial charge in [0, 0.05) is 22.2 Å². The molecule has 112 valence electrons. The summed E-state index contributed by atoms with van der Waals surface area (Å²) in [4.78, 5) is 3.88. The Bertz CT molecular complexity index is 764. The van der Waals surface area contributed by atoms with Crippen molar-refractivity contribution in [2.45, 2.75) is 4.90 Å². The van der Waals surface area contributed by atoms with Crippen molar-refractivity contribution in [1.82, 2.24) is 4.98 Å². The molecule has 0 fully saturated rings. The predicted molar refractivity (Wildman–Crippen MR) is 86.4 cm³/mol. The minimum atomic E-state index is -4.00. The lowest BCUT2D eigenvalue weighted by molar-refractivity contribution is 0.598. The van der Waals surface area contributed by atoms with Crippen molar-refractivity contribution < 1.29 is 12.8 Å². The molecule has 2 N–H and O–H groups in total. The van der Waals surface area contributed by atoms with E-state index in [1.54, 1.807) is 13.1 Å². The lowest BCUT2D eigenvalue weighted by Gasteiger charge is -2.13. The van der Waals surface area contributed by atoms with Gasteiger partial charge in [-0.25, -0.2) is 17.8 Å². The number of sulfonamides is 1. The van der Waals surface area contributed by atoms with Crippen molar-refractivity contribution in [3.63, 3.8) is 0 Å². The van der Waals surface area contributed by atoms with Gasteiger partial charge in [-0.2, -0.15) is 0 Å². The highest BCUT2D eigenvalue weighted by Crippen LogP contribution is 2.30. The van der Waals surface area contributed by atoms with Gasteiger partial charge in [-0.1, -0.05) is 6.07 Å². The minimum Gasteiger partial charge on any atom is -0.372 e. The fourth-order valence-electron chi connectivity index (χ4n) is 1.60. The molecule has 9 heteroatoms. The minimum absolute atomic E-state index is 0.0884. The normalized spacial score (nSPS) is 11.2. The zero-order valence-electron chi connectivity index (χ0n) is 10.7. The van der Waals surface area contributed by atoms with Gasteiger partial charge in [0.1, 0.15) is 16.5 Å². The molecule has 0 aliphatic heterocycles. The Hall–Kier alpha value is -1.19. The van der Waals surface area contributed by atoms with Crippen LogP contribution in [0, 0.1) is 5.82 Å². The zero-order valence-corrected chi connectivity index (χ0v) is 14.7. The quantitative estimate of drug-likeness (QED) is 0.765. The molecule has 0 amide bonds. The first-order valence-corrected chi connectivity index (χ1v) is 8.72. The number of rotatable bonds is 4. The van der Waals surface area contributed by atoms with E-state index >= 15 is 0 Å². The third kappa shape index (κ3) is 3.53. The van der Waals surface area contributed by atoms with Gasteiger partial charge in [0.2, 0.25) is 0 Å². The molecule has 0 bridgehead atoms. The van der Waals surface area contributed by atoms with E-state index in [0.29, 0.717) is 8.95 Å². The van der Waals surface area contributed by atoms with Gasteiger partial charge in [-0.05, 0) is 50.1 Å². The maximum absolute atomic E-state index is 13.8. The number of para-hydroxylation sites is 1. The topological polar surface area (TPSA) is 71.1 Å². The Kier molecular flexibility index (Phi) is 4.84. The van der Waals surface area contributed by atoms with E-state index in [2.05, 4.69) is 46.9 Å². The molecule has 21 heavy (non-hydrogen) atoms. The Labute approximate surface area is 138 Å². The van der Waals surface area contributed by atoms with Crippen LogP contribution in [0.25, 0.3) is 0 Å². The average Bonchev–Trinajstić information content (AvgIpc) is 2.43. The lowest BCUT2D eigenvalue weighted by Crippen LogP contribution is -2.16. The fraction of sp³-hybridized carbons (Fsp3) is 0.0833. The van der Waals surface area contributed by atoms with Crippen LogP contribution in [0.3, 0.4) is 0 Å². The van der Waals surface area contributed by atoms with Crippen molar-refractivity contribution >= 4 is 53.4 Å². The van der Waals surface area contributed by atoms with E-state index in [9.17, 15) is 12.8 Å². The van der Waals surface area contributed by atoms with Crippen LogP contribution in [0.1, 0.15) is 0 Å². The summed E-state index contributed by atoms with van der Waals surface area (Å²) in [5, 5.41) is 2.69. The van der Waals surface area contributed by atoms with Gasteiger partial charge in [0.15, 0.2) is 0 Å². The molecular weight excluding hydrogens is 429 g/mol. The summed E-state index contributed by atoms with van der Waals surface area (Å²) in [7, 11) is -2.45. The molecule has 0 radical (unpaired) electrons. The van der Waals surface area contributed by atoms with Crippen LogP contribution in [-0.4, -0.2) is 20.4 Å². The molecule has 1 heterocycles. The van der Waals surface area contributed by atoms with Gasteiger partial charge in [0.25, 0.3) is 10.0 Å². The summed E-state index contributed by atoms with van der Waals surface area (Å²) < 4.78 is 41.7. The van der Waals surface area contributed by atoms with Crippen molar-refractivity contribution in [1.29, 1.82) is 0 Å². The number of anilines is 2. The summed E-state index contributed by atoms with van der Waals surface area (Å²) >= 11 is 6.28. The molecule has 1 aromatic heterocycles.